The number of hydrogen-bond acceptors (Lipinski definition) is 5. The summed E-state index contributed by atoms with van der Waals surface area (Å²) in [5.41, 5.74) is 2.20. The fourth-order valence-electron chi connectivity index (χ4n) is 5.60. The minimum atomic E-state index is -1.26. The molecular formula is C27H30N2O6. The van der Waals surface area contributed by atoms with Crippen molar-refractivity contribution in [2.24, 2.45) is 11.3 Å². The first-order chi connectivity index (χ1) is 16.7. The first-order valence-corrected chi connectivity index (χ1v) is 12.0. The Kier molecular flexibility index (Phi) is 5.79. The lowest BCUT2D eigenvalue weighted by Crippen LogP contribution is -2.60. The molecule has 0 spiro atoms. The van der Waals surface area contributed by atoms with Crippen molar-refractivity contribution in [1.82, 2.24) is 10.2 Å². The van der Waals surface area contributed by atoms with Crippen molar-refractivity contribution in [3.8, 4) is 11.1 Å². The second-order valence-corrected chi connectivity index (χ2v) is 10.1. The van der Waals surface area contributed by atoms with E-state index in [4.69, 9.17) is 9.47 Å². The molecule has 35 heavy (non-hydrogen) atoms. The minimum absolute atomic E-state index is 0.0324. The highest BCUT2D eigenvalue weighted by molar-refractivity contribution is 5.91. The molecule has 2 aromatic rings. The van der Waals surface area contributed by atoms with E-state index in [-0.39, 0.29) is 37.5 Å². The number of ether oxygens (including phenoxy) is 2. The van der Waals surface area contributed by atoms with Gasteiger partial charge in [-0.05, 0) is 35.1 Å². The summed E-state index contributed by atoms with van der Waals surface area (Å²) in [6.45, 7) is 4.40. The third-order valence-corrected chi connectivity index (χ3v) is 7.99. The second-order valence-electron chi connectivity index (χ2n) is 10.1. The average Bonchev–Trinajstić information content (AvgIpc) is 3.53. The molecule has 0 bridgehead atoms. The molecule has 2 N–H and O–H groups in total. The normalized spacial score (nSPS) is 27.4. The van der Waals surface area contributed by atoms with Gasteiger partial charge in [-0.25, -0.2) is 4.79 Å². The number of alkyl carbamates (subject to hydrolysis) is 1. The Bertz CT molecular complexity index is 1130. The lowest BCUT2D eigenvalue weighted by Gasteiger charge is -2.32. The molecule has 8 nitrogen and oxygen atoms in total. The van der Waals surface area contributed by atoms with Gasteiger partial charge in [-0.1, -0.05) is 55.5 Å². The van der Waals surface area contributed by atoms with Gasteiger partial charge in [0.05, 0.1) is 12.0 Å². The second kappa shape index (κ2) is 8.68. The zero-order valence-electron chi connectivity index (χ0n) is 20.0. The Balaban J connectivity index is 1.29. The van der Waals surface area contributed by atoms with Crippen molar-refractivity contribution in [3.63, 3.8) is 0 Å². The first-order valence-electron chi connectivity index (χ1n) is 12.0. The molecule has 1 aliphatic carbocycles. The van der Waals surface area contributed by atoms with Crippen LogP contribution in [0.4, 0.5) is 4.79 Å². The van der Waals surface area contributed by atoms with Crippen LogP contribution < -0.4 is 5.32 Å². The molecule has 3 aliphatic rings. The van der Waals surface area contributed by atoms with Crippen LogP contribution in [0.15, 0.2) is 48.5 Å². The van der Waals surface area contributed by atoms with Crippen LogP contribution in [0.1, 0.15) is 37.3 Å². The highest BCUT2D eigenvalue weighted by atomic mass is 16.6. The Labute approximate surface area is 204 Å². The van der Waals surface area contributed by atoms with Crippen LogP contribution in [0.5, 0.6) is 0 Å². The molecule has 0 saturated carbocycles. The number of nitrogens with one attached hydrogen (secondary N) is 1. The quantitative estimate of drug-likeness (QED) is 0.684. The highest BCUT2D eigenvalue weighted by Gasteiger charge is 2.53. The summed E-state index contributed by atoms with van der Waals surface area (Å²) in [4.78, 5) is 39.8. The Morgan fingerprint density at radius 3 is 2.29 bits per heavy atom. The van der Waals surface area contributed by atoms with E-state index in [1.807, 2.05) is 43.3 Å². The van der Waals surface area contributed by atoms with E-state index in [1.165, 1.54) is 4.90 Å². The van der Waals surface area contributed by atoms with Crippen LogP contribution in [-0.4, -0.2) is 66.4 Å². The third-order valence-electron chi connectivity index (χ3n) is 7.99. The number of aliphatic carboxylic acids is 1. The SMILES string of the molecule is C[C@@H]1CN(C(=O)C2(NC(=O)OCC3c4ccccc4-c4ccccc43)CCOC2)C[C@@]1(C)C(=O)O. The molecule has 0 aromatic heterocycles. The number of rotatable bonds is 5. The first kappa shape index (κ1) is 23.4. The zero-order valence-corrected chi connectivity index (χ0v) is 20.0. The smallest absolute Gasteiger partial charge is 0.408 e. The maximum Gasteiger partial charge on any atom is 0.408 e. The number of carboxylic acid groups (broad SMARTS) is 1. The number of fused-ring (bicyclic) bond motifs is 3. The molecule has 1 unspecified atom stereocenters. The van der Waals surface area contributed by atoms with Gasteiger partial charge in [0.1, 0.15) is 12.1 Å². The monoisotopic (exact) mass is 478 g/mol. The molecule has 2 fully saturated rings. The van der Waals surface area contributed by atoms with Gasteiger partial charge in [0, 0.05) is 32.0 Å². The summed E-state index contributed by atoms with van der Waals surface area (Å²) in [7, 11) is 0. The number of carboxylic acids is 1. The number of hydrogen-bond donors (Lipinski definition) is 2. The summed E-state index contributed by atoms with van der Waals surface area (Å²) >= 11 is 0. The van der Waals surface area contributed by atoms with Crippen molar-refractivity contribution in [2.45, 2.75) is 31.7 Å². The van der Waals surface area contributed by atoms with Crippen molar-refractivity contribution < 1.29 is 29.0 Å². The van der Waals surface area contributed by atoms with Crippen molar-refractivity contribution >= 4 is 18.0 Å². The fraction of sp³-hybridized carbons (Fsp3) is 0.444. The Morgan fingerprint density at radius 1 is 1.11 bits per heavy atom. The Morgan fingerprint density at radius 2 is 1.74 bits per heavy atom. The maximum absolute atomic E-state index is 13.5. The van der Waals surface area contributed by atoms with E-state index >= 15 is 0 Å². The predicted octanol–water partition coefficient (Wildman–Crippen LogP) is 3.25. The standard InChI is InChI=1S/C27H30N2O6/c1-17-13-29(15-26(17,2)24(31)32)23(30)27(11-12-34-16-27)28-25(33)35-14-22-20-9-5-3-7-18(20)19-8-4-6-10-21(19)22/h3-10,17,22H,11-16H2,1-2H3,(H,28,33)(H,31,32)/t17-,26-,27?/m1/s1. The Hall–Kier alpha value is -3.39. The van der Waals surface area contributed by atoms with Gasteiger partial charge in [-0.15, -0.1) is 0 Å². The topological polar surface area (TPSA) is 105 Å². The molecule has 2 heterocycles. The lowest BCUT2D eigenvalue weighted by molar-refractivity contribution is -0.149. The lowest BCUT2D eigenvalue weighted by atomic mass is 9.81. The maximum atomic E-state index is 13.5. The van der Waals surface area contributed by atoms with Crippen molar-refractivity contribution in [2.75, 3.05) is 32.9 Å². The third kappa shape index (κ3) is 3.86. The van der Waals surface area contributed by atoms with E-state index in [9.17, 15) is 19.5 Å². The van der Waals surface area contributed by atoms with Gasteiger partial charge in [0.25, 0.3) is 5.91 Å². The molecule has 2 saturated heterocycles. The number of nitrogens with zero attached hydrogens (tertiary/aromatic N) is 1. The number of amides is 2. The van der Waals surface area contributed by atoms with E-state index in [2.05, 4.69) is 17.4 Å². The summed E-state index contributed by atoms with van der Waals surface area (Å²) in [5.74, 6) is -1.55. The summed E-state index contributed by atoms with van der Waals surface area (Å²) in [5, 5.41) is 12.5. The highest BCUT2D eigenvalue weighted by Crippen LogP contribution is 2.44. The molecule has 5 rings (SSSR count). The average molecular weight is 479 g/mol. The molecule has 2 aromatic carbocycles. The summed E-state index contributed by atoms with van der Waals surface area (Å²) in [6.07, 6.45) is -0.371. The van der Waals surface area contributed by atoms with Gasteiger partial charge in [-0.2, -0.15) is 0 Å². The molecule has 3 atom stereocenters. The number of benzene rings is 2. The predicted molar refractivity (Wildman–Crippen MR) is 128 cm³/mol. The molecule has 0 radical (unpaired) electrons. The van der Waals surface area contributed by atoms with Crippen LogP contribution in [0, 0.1) is 11.3 Å². The van der Waals surface area contributed by atoms with E-state index in [0.717, 1.165) is 22.3 Å². The number of likely N-dealkylation sites (tertiary alicyclic amines) is 1. The van der Waals surface area contributed by atoms with Crippen molar-refractivity contribution in [1.29, 1.82) is 0 Å². The van der Waals surface area contributed by atoms with Gasteiger partial charge in [-0.3, -0.25) is 9.59 Å². The van der Waals surface area contributed by atoms with E-state index in [0.29, 0.717) is 19.6 Å². The molecule has 2 aliphatic heterocycles. The van der Waals surface area contributed by atoms with Gasteiger partial charge < -0.3 is 24.8 Å². The van der Waals surface area contributed by atoms with E-state index in [1.54, 1.807) is 6.92 Å². The van der Waals surface area contributed by atoms with Crippen LogP contribution in [0.25, 0.3) is 11.1 Å². The van der Waals surface area contributed by atoms with Gasteiger partial charge in [0.2, 0.25) is 0 Å². The minimum Gasteiger partial charge on any atom is -0.481 e. The van der Waals surface area contributed by atoms with Gasteiger partial charge in [0.15, 0.2) is 0 Å². The molecular weight excluding hydrogens is 448 g/mol. The molecule has 184 valence electrons. The largest absolute Gasteiger partial charge is 0.481 e. The summed E-state index contributed by atoms with van der Waals surface area (Å²) in [6, 6.07) is 16.2. The van der Waals surface area contributed by atoms with Crippen molar-refractivity contribution in [3.05, 3.63) is 59.7 Å². The van der Waals surface area contributed by atoms with Crippen LogP contribution >= 0.6 is 0 Å². The fourth-order valence-corrected chi connectivity index (χ4v) is 5.60. The molecule has 2 amide bonds. The van der Waals surface area contributed by atoms with Crippen LogP contribution in [0.2, 0.25) is 0 Å². The summed E-state index contributed by atoms with van der Waals surface area (Å²) < 4.78 is 11.2. The van der Waals surface area contributed by atoms with Crippen LogP contribution in [-0.2, 0) is 19.1 Å². The number of carbonyl (C=O) groups is 3. The number of carbonyl (C=O) groups excluding carboxylic acids is 2. The van der Waals surface area contributed by atoms with E-state index < -0.39 is 23.0 Å². The van der Waals surface area contributed by atoms with Gasteiger partial charge >= 0.3 is 12.1 Å². The molecule has 8 heteroatoms. The zero-order chi connectivity index (χ0) is 24.8. The van der Waals surface area contributed by atoms with Crippen LogP contribution in [0.3, 0.4) is 0 Å².